The van der Waals surface area contributed by atoms with Gasteiger partial charge in [0.05, 0.1) is 5.69 Å². The van der Waals surface area contributed by atoms with Crippen LogP contribution in [0.4, 0.5) is 5.95 Å². The van der Waals surface area contributed by atoms with E-state index in [0.717, 1.165) is 57.1 Å². The number of para-hydroxylation sites is 1. The van der Waals surface area contributed by atoms with Gasteiger partial charge in [-0.2, -0.15) is 4.68 Å². The summed E-state index contributed by atoms with van der Waals surface area (Å²) in [6.45, 7) is 2.95. The molecule has 7 nitrogen and oxygen atoms in total. The van der Waals surface area contributed by atoms with Gasteiger partial charge in [-0.15, -0.1) is 0 Å². The molecule has 1 atom stereocenters. The number of aromatic nitrogens is 4. The van der Waals surface area contributed by atoms with E-state index in [1.165, 1.54) is 0 Å². The Morgan fingerprint density at radius 3 is 2.56 bits per heavy atom. The molecule has 0 N–H and O–H groups in total. The number of allylic oxidation sites excluding steroid dienone is 2. The average Bonchev–Trinajstić information content (AvgIpc) is 3.19. The Hall–Kier alpha value is -2.70. The summed E-state index contributed by atoms with van der Waals surface area (Å²) in [5.74, 6) is 1.19. The third kappa shape index (κ3) is 3.26. The third-order valence-corrected chi connectivity index (χ3v) is 4.95. The summed E-state index contributed by atoms with van der Waals surface area (Å²) in [7, 11) is 0. The highest BCUT2D eigenvalue weighted by molar-refractivity contribution is 5.79. The molecule has 130 valence electrons. The molecule has 1 aliphatic carbocycles. The second-order valence-electron chi connectivity index (χ2n) is 6.52. The number of hydrogen-bond donors (Lipinski definition) is 0. The van der Waals surface area contributed by atoms with E-state index in [4.69, 9.17) is 0 Å². The first-order chi connectivity index (χ1) is 12.3. The number of piperazine rings is 1. The van der Waals surface area contributed by atoms with Gasteiger partial charge in [-0.05, 0) is 41.8 Å². The Kier molecular flexibility index (Phi) is 4.45. The SMILES string of the molecule is O=C(C1CC=CCC1)N1CCN(c2nnnn2-c2ccccc2)CC1. The molecule has 25 heavy (non-hydrogen) atoms. The molecule has 1 fully saturated rings. The summed E-state index contributed by atoms with van der Waals surface area (Å²) in [4.78, 5) is 16.8. The van der Waals surface area contributed by atoms with Crippen LogP contribution in [0.15, 0.2) is 42.5 Å². The molecule has 0 bridgehead atoms. The summed E-state index contributed by atoms with van der Waals surface area (Å²) < 4.78 is 1.75. The molecule has 4 rings (SSSR count). The minimum atomic E-state index is 0.159. The van der Waals surface area contributed by atoms with Crippen molar-refractivity contribution in [3.05, 3.63) is 42.5 Å². The quantitative estimate of drug-likeness (QED) is 0.797. The van der Waals surface area contributed by atoms with Gasteiger partial charge in [0.25, 0.3) is 0 Å². The summed E-state index contributed by atoms with van der Waals surface area (Å²) in [6.07, 6.45) is 7.18. The monoisotopic (exact) mass is 338 g/mol. The summed E-state index contributed by atoms with van der Waals surface area (Å²) in [5, 5.41) is 12.1. The van der Waals surface area contributed by atoms with Crippen LogP contribution in [0, 0.1) is 5.92 Å². The summed E-state index contributed by atoms with van der Waals surface area (Å²) in [5.41, 5.74) is 0.940. The normalized spacial score (nSPS) is 20.7. The van der Waals surface area contributed by atoms with E-state index in [1.807, 2.05) is 35.2 Å². The zero-order chi connectivity index (χ0) is 17.1. The number of tetrazole rings is 1. The number of nitrogens with zero attached hydrogens (tertiary/aromatic N) is 6. The number of rotatable bonds is 3. The topological polar surface area (TPSA) is 67.2 Å². The van der Waals surface area contributed by atoms with E-state index in [9.17, 15) is 4.79 Å². The number of carbonyl (C=O) groups is 1. The van der Waals surface area contributed by atoms with Gasteiger partial charge < -0.3 is 9.80 Å². The van der Waals surface area contributed by atoms with Crippen molar-refractivity contribution < 1.29 is 4.79 Å². The van der Waals surface area contributed by atoms with Crippen molar-refractivity contribution in [1.82, 2.24) is 25.1 Å². The van der Waals surface area contributed by atoms with E-state index < -0.39 is 0 Å². The maximum atomic E-state index is 12.7. The predicted octanol–water partition coefficient (Wildman–Crippen LogP) is 1.67. The van der Waals surface area contributed by atoms with Crippen molar-refractivity contribution in [3.63, 3.8) is 0 Å². The molecule has 2 heterocycles. The molecule has 0 spiro atoms. The first-order valence-corrected chi connectivity index (χ1v) is 8.85. The molecular weight excluding hydrogens is 316 g/mol. The molecule has 0 saturated carbocycles. The number of carbonyl (C=O) groups excluding carboxylic acids is 1. The Bertz CT molecular complexity index is 748. The van der Waals surface area contributed by atoms with Crippen molar-refractivity contribution >= 4 is 11.9 Å². The van der Waals surface area contributed by atoms with Gasteiger partial charge in [-0.25, -0.2) is 0 Å². The van der Waals surface area contributed by atoms with Gasteiger partial charge in [0.15, 0.2) is 0 Å². The number of hydrogen-bond acceptors (Lipinski definition) is 5. The second-order valence-corrected chi connectivity index (χ2v) is 6.52. The van der Waals surface area contributed by atoms with Gasteiger partial charge in [-0.1, -0.05) is 35.4 Å². The summed E-state index contributed by atoms with van der Waals surface area (Å²) in [6, 6.07) is 9.87. The van der Waals surface area contributed by atoms with Crippen LogP contribution >= 0.6 is 0 Å². The smallest absolute Gasteiger partial charge is 0.250 e. The first kappa shape index (κ1) is 15.8. The molecule has 2 aliphatic rings. The fourth-order valence-corrected chi connectivity index (χ4v) is 3.52. The third-order valence-electron chi connectivity index (χ3n) is 4.95. The van der Waals surface area contributed by atoms with E-state index in [1.54, 1.807) is 4.68 Å². The zero-order valence-electron chi connectivity index (χ0n) is 14.2. The molecule has 7 heteroatoms. The Balaban J connectivity index is 1.42. The number of benzene rings is 1. The van der Waals surface area contributed by atoms with Crippen LogP contribution in [0.1, 0.15) is 19.3 Å². The fourth-order valence-electron chi connectivity index (χ4n) is 3.52. The molecule has 2 aromatic rings. The van der Waals surface area contributed by atoms with Crippen LogP contribution in [-0.4, -0.2) is 57.2 Å². The molecule has 1 amide bonds. The van der Waals surface area contributed by atoms with Crippen LogP contribution in [0.25, 0.3) is 5.69 Å². The maximum absolute atomic E-state index is 12.7. The standard InChI is InChI=1S/C18H22N6O/c25-17(15-7-3-1-4-8-15)22-11-13-23(14-12-22)18-19-20-21-24(18)16-9-5-2-6-10-16/h1-3,5-6,9-10,15H,4,7-8,11-14H2. The Labute approximate surface area is 146 Å². The van der Waals surface area contributed by atoms with Crippen molar-refractivity contribution in [1.29, 1.82) is 0 Å². The zero-order valence-corrected chi connectivity index (χ0v) is 14.2. The maximum Gasteiger partial charge on any atom is 0.250 e. The lowest BCUT2D eigenvalue weighted by Gasteiger charge is -2.36. The Morgan fingerprint density at radius 1 is 1.04 bits per heavy atom. The Morgan fingerprint density at radius 2 is 1.84 bits per heavy atom. The van der Waals surface area contributed by atoms with Gasteiger partial charge in [0, 0.05) is 32.1 Å². The minimum absolute atomic E-state index is 0.159. The van der Waals surface area contributed by atoms with Crippen LogP contribution in [-0.2, 0) is 4.79 Å². The van der Waals surface area contributed by atoms with Crippen LogP contribution in [0.5, 0.6) is 0 Å². The van der Waals surface area contributed by atoms with Gasteiger partial charge in [-0.3, -0.25) is 4.79 Å². The highest BCUT2D eigenvalue weighted by Crippen LogP contribution is 2.22. The van der Waals surface area contributed by atoms with Crippen molar-refractivity contribution in [3.8, 4) is 5.69 Å². The lowest BCUT2D eigenvalue weighted by molar-refractivity contribution is -0.136. The highest BCUT2D eigenvalue weighted by Gasteiger charge is 2.29. The molecular formula is C18H22N6O. The average molecular weight is 338 g/mol. The van der Waals surface area contributed by atoms with Crippen LogP contribution in [0.2, 0.25) is 0 Å². The van der Waals surface area contributed by atoms with E-state index in [-0.39, 0.29) is 5.92 Å². The van der Waals surface area contributed by atoms with Gasteiger partial charge in [0.1, 0.15) is 0 Å². The second kappa shape index (κ2) is 7.04. The van der Waals surface area contributed by atoms with Crippen molar-refractivity contribution in [2.24, 2.45) is 5.92 Å². The predicted molar refractivity (Wildman–Crippen MR) is 94.4 cm³/mol. The van der Waals surface area contributed by atoms with Crippen LogP contribution in [0.3, 0.4) is 0 Å². The van der Waals surface area contributed by atoms with Gasteiger partial charge >= 0.3 is 0 Å². The molecule has 0 radical (unpaired) electrons. The molecule has 1 aromatic carbocycles. The minimum Gasteiger partial charge on any atom is -0.339 e. The molecule has 1 aliphatic heterocycles. The number of amides is 1. The largest absolute Gasteiger partial charge is 0.339 e. The molecule has 1 saturated heterocycles. The van der Waals surface area contributed by atoms with Crippen molar-refractivity contribution in [2.75, 3.05) is 31.1 Å². The lowest BCUT2D eigenvalue weighted by Crippen LogP contribution is -2.51. The van der Waals surface area contributed by atoms with E-state index in [0.29, 0.717) is 5.91 Å². The van der Waals surface area contributed by atoms with Crippen LogP contribution < -0.4 is 4.90 Å². The molecule has 1 unspecified atom stereocenters. The lowest BCUT2D eigenvalue weighted by atomic mass is 9.93. The van der Waals surface area contributed by atoms with Crippen molar-refractivity contribution in [2.45, 2.75) is 19.3 Å². The van der Waals surface area contributed by atoms with Gasteiger partial charge in [0.2, 0.25) is 11.9 Å². The number of anilines is 1. The first-order valence-electron chi connectivity index (χ1n) is 8.85. The van der Waals surface area contributed by atoms with E-state index in [2.05, 4.69) is 32.6 Å². The van der Waals surface area contributed by atoms with E-state index >= 15 is 0 Å². The summed E-state index contributed by atoms with van der Waals surface area (Å²) >= 11 is 0. The highest BCUT2D eigenvalue weighted by atomic mass is 16.2. The fraction of sp³-hybridized carbons (Fsp3) is 0.444. The molecule has 1 aromatic heterocycles.